The molecule has 2 N–H and O–H groups in total. The number of aromatic nitrogens is 1. The predicted molar refractivity (Wildman–Crippen MR) is 106 cm³/mol. The number of rotatable bonds is 5. The first-order chi connectivity index (χ1) is 12.1. The molecule has 3 rings (SSSR count). The van der Waals surface area contributed by atoms with Gasteiger partial charge in [0, 0.05) is 16.5 Å². The number of hydrogen-bond donors (Lipinski definition) is 1. The molecule has 0 radical (unpaired) electrons. The molecule has 1 atom stereocenters. The van der Waals surface area contributed by atoms with Gasteiger partial charge in [0.1, 0.15) is 6.07 Å². The third kappa shape index (κ3) is 3.91. The van der Waals surface area contributed by atoms with Gasteiger partial charge in [-0.15, -0.1) is 22.2 Å². The van der Waals surface area contributed by atoms with E-state index in [0.717, 1.165) is 40.0 Å². The van der Waals surface area contributed by atoms with Gasteiger partial charge in [0.15, 0.2) is 5.17 Å². The number of amidine groups is 1. The summed E-state index contributed by atoms with van der Waals surface area (Å²) >= 11 is 1.70. The molecule has 0 aliphatic carbocycles. The maximum atomic E-state index is 11.4. The van der Waals surface area contributed by atoms with Crippen LogP contribution in [0.25, 0.3) is 10.9 Å². The minimum absolute atomic E-state index is 0.165. The van der Waals surface area contributed by atoms with Gasteiger partial charge in [-0.05, 0) is 35.2 Å². The maximum absolute atomic E-state index is 11.4. The summed E-state index contributed by atoms with van der Waals surface area (Å²) in [4.78, 5) is 20.6. The molecule has 1 aromatic carbocycles. The summed E-state index contributed by atoms with van der Waals surface area (Å²) in [7, 11) is -0.456. The Balaban J connectivity index is 2.05. The molecule has 0 spiro atoms. The van der Waals surface area contributed by atoms with Gasteiger partial charge in [-0.3, -0.25) is 9.78 Å². The van der Waals surface area contributed by atoms with Crippen LogP contribution in [0.1, 0.15) is 30.9 Å². The second kappa shape index (κ2) is 7.81. The lowest BCUT2D eigenvalue weighted by Crippen LogP contribution is -2.06. The van der Waals surface area contributed by atoms with Crippen molar-refractivity contribution in [1.29, 1.82) is 5.26 Å². The first kappa shape index (κ1) is 17.6. The molecular formula is C18H18N4OS2. The normalized spacial score (nSPS) is 17.0. The van der Waals surface area contributed by atoms with Crippen molar-refractivity contribution in [3.05, 3.63) is 35.5 Å². The molecule has 1 unspecified atom stereocenters. The largest absolute Gasteiger partial charge is 0.379 e. The maximum Gasteiger partial charge on any atom is 0.258 e. The fourth-order valence-electron chi connectivity index (χ4n) is 2.50. The van der Waals surface area contributed by atoms with E-state index < -0.39 is 10.5 Å². The van der Waals surface area contributed by atoms with Crippen molar-refractivity contribution in [2.24, 2.45) is 10.7 Å². The molecule has 0 bridgehead atoms. The highest BCUT2D eigenvalue weighted by molar-refractivity contribution is 8.28. The van der Waals surface area contributed by atoms with Crippen LogP contribution in [0.3, 0.4) is 0 Å². The number of nitrogens with zero attached hydrogens (tertiary/aromatic N) is 3. The van der Waals surface area contributed by atoms with E-state index in [1.165, 1.54) is 0 Å². The van der Waals surface area contributed by atoms with Crippen LogP contribution >= 0.6 is 22.2 Å². The quantitative estimate of drug-likeness (QED) is 0.495. The average molecular weight is 371 g/mol. The van der Waals surface area contributed by atoms with Crippen LogP contribution in [0.4, 0.5) is 0 Å². The third-order valence-electron chi connectivity index (χ3n) is 3.77. The Morgan fingerprint density at radius 1 is 1.48 bits per heavy atom. The van der Waals surface area contributed by atoms with Gasteiger partial charge in [-0.1, -0.05) is 19.4 Å². The molecule has 2 aromatic rings. The number of carbonyl (C=O) groups excluding carboxylic acids is 1. The molecule has 1 aromatic heterocycles. The van der Waals surface area contributed by atoms with E-state index in [2.05, 4.69) is 23.0 Å². The van der Waals surface area contributed by atoms with Crippen LogP contribution in [-0.2, 0) is 4.79 Å². The second-order valence-electron chi connectivity index (χ2n) is 5.63. The van der Waals surface area contributed by atoms with Crippen molar-refractivity contribution in [3.8, 4) is 6.07 Å². The highest BCUT2D eigenvalue weighted by atomic mass is 32.2. The number of nitriles is 1. The Bertz CT molecular complexity index is 944. The minimum Gasteiger partial charge on any atom is -0.379 e. The van der Waals surface area contributed by atoms with E-state index in [1.807, 2.05) is 23.6 Å². The van der Waals surface area contributed by atoms with E-state index in [4.69, 9.17) is 5.73 Å². The zero-order chi connectivity index (χ0) is 17.8. The molecule has 1 amide bonds. The lowest BCUT2D eigenvalue weighted by molar-refractivity contribution is -0.115. The Morgan fingerprint density at radius 2 is 2.32 bits per heavy atom. The Hall–Kier alpha value is -2.17. The van der Waals surface area contributed by atoms with Crippen LogP contribution in [-0.4, -0.2) is 32.9 Å². The van der Waals surface area contributed by atoms with Gasteiger partial charge in [0.2, 0.25) is 0 Å². The van der Waals surface area contributed by atoms with Crippen molar-refractivity contribution in [3.63, 3.8) is 0 Å². The number of fused-ring (bicyclic) bond motifs is 1. The topological polar surface area (TPSA) is 92.1 Å². The van der Waals surface area contributed by atoms with E-state index in [9.17, 15) is 10.1 Å². The summed E-state index contributed by atoms with van der Waals surface area (Å²) in [6, 6.07) is 8.18. The van der Waals surface area contributed by atoms with Gasteiger partial charge in [-0.25, -0.2) is 0 Å². The lowest BCUT2D eigenvalue weighted by Gasteiger charge is -2.09. The van der Waals surface area contributed by atoms with Crippen molar-refractivity contribution < 1.29 is 4.79 Å². The summed E-state index contributed by atoms with van der Waals surface area (Å²) in [5.74, 6) is 1.15. The van der Waals surface area contributed by atoms with Crippen LogP contribution in [0.15, 0.2) is 34.3 Å². The number of carbonyl (C=O) groups is 1. The van der Waals surface area contributed by atoms with Crippen molar-refractivity contribution in [2.75, 3.05) is 11.5 Å². The van der Waals surface area contributed by atoms with Gasteiger partial charge < -0.3 is 5.73 Å². The molecule has 128 valence electrons. The Morgan fingerprint density at radius 3 is 3.00 bits per heavy atom. The standard InChI is InChI=1S/C18H18N4OS2/c1-2-3-6-24-17-13(8-19)9-21-15-5-4-12(7-14(15)17)10-25-11-16(23)22-18(25)20/h4-5,7,9-10H,2-3,6,11H2,1H3,(H2,20,22,23). The molecule has 5 nitrogen and oxygen atoms in total. The van der Waals surface area contributed by atoms with Gasteiger partial charge in [0.25, 0.3) is 5.91 Å². The van der Waals surface area contributed by atoms with Crippen LogP contribution in [0.5, 0.6) is 0 Å². The molecule has 1 aliphatic heterocycles. The molecule has 25 heavy (non-hydrogen) atoms. The number of unbranched alkanes of at least 4 members (excludes halogenated alkanes) is 1. The lowest BCUT2D eigenvalue weighted by atomic mass is 10.1. The first-order valence-electron chi connectivity index (χ1n) is 7.99. The number of benzene rings is 1. The van der Waals surface area contributed by atoms with E-state index in [0.29, 0.717) is 16.5 Å². The first-order valence-corrected chi connectivity index (χ1v) is 10.4. The van der Waals surface area contributed by atoms with Crippen molar-refractivity contribution >= 4 is 49.6 Å². The van der Waals surface area contributed by atoms with Gasteiger partial charge in [0.05, 0.1) is 16.8 Å². The molecule has 7 heteroatoms. The summed E-state index contributed by atoms with van der Waals surface area (Å²) < 4.78 is 0. The van der Waals surface area contributed by atoms with Crippen molar-refractivity contribution in [2.45, 2.75) is 24.7 Å². The monoisotopic (exact) mass is 370 g/mol. The smallest absolute Gasteiger partial charge is 0.258 e. The number of pyridine rings is 1. The minimum atomic E-state index is -0.456. The zero-order valence-corrected chi connectivity index (χ0v) is 15.5. The van der Waals surface area contributed by atoms with E-state index >= 15 is 0 Å². The summed E-state index contributed by atoms with van der Waals surface area (Å²) in [6.07, 6.45) is 3.86. The van der Waals surface area contributed by atoms with Gasteiger partial charge in [-0.2, -0.15) is 10.3 Å². The molecule has 0 fully saturated rings. The van der Waals surface area contributed by atoms with Crippen LogP contribution in [0, 0.1) is 11.3 Å². The number of hydrogen-bond acceptors (Lipinski definition) is 5. The summed E-state index contributed by atoms with van der Waals surface area (Å²) in [5.41, 5.74) is 8.27. The SMILES string of the molecule is CCCCSc1c(C#N)cnc2ccc(C=S3CC(=O)N=C3N)cc12. The number of amides is 1. The van der Waals surface area contributed by atoms with Crippen LogP contribution in [0.2, 0.25) is 0 Å². The third-order valence-corrected chi connectivity index (χ3v) is 6.73. The zero-order valence-electron chi connectivity index (χ0n) is 13.9. The van der Waals surface area contributed by atoms with Gasteiger partial charge >= 0.3 is 0 Å². The molecule has 1 aliphatic rings. The van der Waals surface area contributed by atoms with Crippen LogP contribution < -0.4 is 5.73 Å². The molecule has 0 saturated carbocycles. The molecule has 0 saturated heterocycles. The fourth-order valence-corrected chi connectivity index (χ4v) is 5.09. The van der Waals surface area contributed by atoms with E-state index in [1.54, 1.807) is 18.0 Å². The molecular weight excluding hydrogens is 352 g/mol. The number of aliphatic imine (C=N–C) groups is 1. The fraction of sp³-hybridized carbons (Fsp3) is 0.278. The highest BCUT2D eigenvalue weighted by Crippen LogP contribution is 2.32. The number of nitrogens with two attached hydrogens (primary N) is 1. The number of thioether (sulfide) groups is 1. The summed E-state index contributed by atoms with van der Waals surface area (Å²) in [6.45, 7) is 2.15. The molecule has 2 heterocycles. The Kier molecular flexibility index (Phi) is 5.51. The Labute approximate surface area is 153 Å². The highest BCUT2D eigenvalue weighted by Gasteiger charge is 2.16. The second-order valence-corrected chi connectivity index (χ2v) is 8.53. The van der Waals surface area contributed by atoms with E-state index in [-0.39, 0.29) is 5.91 Å². The average Bonchev–Trinajstić information content (AvgIpc) is 2.92. The predicted octanol–water partition coefficient (Wildman–Crippen LogP) is 3.27. The summed E-state index contributed by atoms with van der Waals surface area (Å²) in [5, 5.41) is 12.8. The van der Waals surface area contributed by atoms with Crippen molar-refractivity contribution in [1.82, 2.24) is 4.98 Å².